The number of carbonyl (C=O) groups excluding carboxylic acids is 1. The van der Waals surface area contributed by atoms with Gasteiger partial charge < -0.3 is 10.2 Å². The molecule has 2 aromatic rings. The minimum absolute atomic E-state index is 0.115. The zero-order chi connectivity index (χ0) is 19.9. The predicted octanol–water partition coefficient (Wildman–Crippen LogP) is 4.01. The van der Waals surface area contributed by atoms with Crippen LogP contribution in [0.25, 0.3) is 0 Å². The molecule has 3 rings (SSSR count). The second kappa shape index (κ2) is 9.51. The molecular formula is C23H30N4O. The summed E-state index contributed by atoms with van der Waals surface area (Å²) in [5.74, 6) is 0.855. The molecule has 1 saturated heterocycles. The Morgan fingerprint density at radius 3 is 2.71 bits per heavy atom. The van der Waals surface area contributed by atoms with Crippen LogP contribution in [0.4, 0.5) is 11.5 Å². The van der Waals surface area contributed by atoms with Gasteiger partial charge in [-0.25, -0.2) is 4.98 Å². The first-order chi connectivity index (χ1) is 13.5. The third kappa shape index (κ3) is 5.92. The first kappa shape index (κ1) is 20.1. The Hall–Kier alpha value is -2.66. The Balaban J connectivity index is 1.56. The lowest BCUT2D eigenvalue weighted by molar-refractivity contribution is -0.111. The molecule has 0 atom stereocenters. The predicted molar refractivity (Wildman–Crippen MR) is 116 cm³/mol. The number of aryl methyl sites for hydroxylation is 1. The largest absolute Gasteiger partial charge is 0.355 e. The van der Waals surface area contributed by atoms with Crippen molar-refractivity contribution in [2.45, 2.75) is 33.7 Å². The monoisotopic (exact) mass is 378 g/mol. The highest BCUT2D eigenvalue weighted by molar-refractivity contribution is 5.99. The molecule has 1 aliphatic rings. The van der Waals surface area contributed by atoms with E-state index in [1.807, 2.05) is 26.0 Å². The van der Waals surface area contributed by atoms with Crippen molar-refractivity contribution in [3.8, 4) is 0 Å². The van der Waals surface area contributed by atoms with Crippen LogP contribution in [0.1, 0.15) is 31.4 Å². The van der Waals surface area contributed by atoms with E-state index in [1.54, 1.807) is 12.3 Å². The number of hydrogen-bond acceptors (Lipinski definition) is 4. The van der Waals surface area contributed by atoms with Crippen LogP contribution in [-0.2, 0) is 11.3 Å². The molecule has 1 aromatic carbocycles. The molecule has 0 saturated carbocycles. The third-order valence-electron chi connectivity index (χ3n) is 4.84. The summed E-state index contributed by atoms with van der Waals surface area (Å²) in [6, 6.07) is 12.7. The number of rotatable bonds is 5. The van der Waals surface area contributed by atoms with Gasteiger partial charge >= 0.3 is 0 Å². The van der Waals surface area contributed by atoms with Crippen molar-refractivity contribution in [1.29, 1.82) is 0 Å². The van der Waals surface area contributed by atoms with Crippen molar-refractivity contribution >= 4 is 17.4 Å². The van der Waals surface area contributed by atoms with Crippen LogP contribution < -0.4 is 10.2 Å². The topological polar surface area (TPSA) is 48.5 Å². The fourth-order valence-electron chi connectivity index (χ4n) is 3.51. The van der Waals surface area contributed by atoms with Crippen LogP contribution in [0.3, 0.4) is 0 Å². The summed E-state index contributed by atoms with van der Waals surface area (Å²) < 4.78 is 0. The molecule has 1 N–H and O–H groups in total. The van der Waals surface area contributed by atoms with Gasteiger partial charge in [0.05, 0.1) is 11.9 Å². The summed E-state index contributed by atoms with van der Waals surface area (Å²) in [7, 11) is 0. The maximum absolute atomic E-state index is 11.8. The second-order valence-electron chi connectivity index (χ2n) is 7.72. The van der Waals surface area contributed by atoms with Gasteiger partial charge in [0.15, 0.2) is 0 Å². The standard InChI is InChI=1S/C23H30N4O/c1-18(2)14-23(28)25-21-8-9-22(24-16-21)27-11-5-10-26(12-13-27)17-20-7-4-6-19(3)15-20/h4,6-9,14-16H,5,10-13,17H2,1-3H3,(H,25,28). The summed E-state index contributed by atoms with van der Waals surface area (Å²) >= 11 is 0. The van der Waals surface area contributed by atoms with Crippen LogP contribution >= 0.6 is 0 Å². The van der Waals surface area contributed by atoms with Crippen molar-refractivity contribution in [1.82, 2.24) is 9.88 Å². The summed E-state index contributed by atoms with van der Waals surface area (Å²) in [4.78, 5) is 21.2. The average molecular weight is 379 g/mol. The SMILES string of the molecule is CC(C)=CC(=O)Nc1ccc(N2CCCN(Cc3cccc(C)c3)CC2)nc1. The van der Waals surface area contributed by atoms with E-state index in [0.29, 0.717) is 0 Å². The minimum Gasteiger partial charge on any atom is -0.355 e. The Labute approximate surface area is 168 Å². The number of carbonyl (C=O) groups is 1. The zero-order valence-corrected chi connectivity index (χ0v) is 17.1. The van der Waals surface area contributed by atoms with Crippen LogP contribution in [0.15, 0.2) is 54.2 Å². The highest BCUT2D eigenvalue weighted by Gasteiger charge is 2.16. The number of nitrogens with one attached hydrogen (secondary N) is 1. The molecule has 0 bridgehead atoms. The number of amides is 1. The number of nitrogens with zero attached hydrogens (tertiary/aromatic N) is 3. The normalized spacial score (nSPS) is 15.0. The van der Waals surface area contributed by atoms with Crippen LogP contribution in [0.5, 0.6) is 0 Å². The van der Waals surface area contributed by atoms with Crippen LogP contribution in [-0.4, -0.2) is 42.0 Å². The number of anilines is 2. The molecular weight excluding hydrogens is 348 g/mol. The minimum atomic E-state index is -0.115. The molecule has 0 spiro atoms. The van der Waals surface area contributed by atoms with Gasteiger partial charge in [-0.05, 0) is 44.9 Å². The molecule has 148 valence electrons. The zero-order valence-electron chi connectivity index (χ0n) is 17.1. The first-order valence-electron chi connectivity index (χ1n) is 9.94. The number of benzene rings is 1. The summed E-state index contributed by atoms with van der Waals surface area (Å²) in [6.07, 6.45) is 4.44. The molecule has 1 fully saturated rings. The van der Waals surface area contributed by atoms with Crippen LogP contribution in [0, 0.1) is 6.92 Å². The molecule has 1 aliphatic heterocycles. The van der Waals surface area contributed by atoms with Gasteiger partial charge in [-0.1, -0.05) is 35.4 Å². The van der Waals surface area contributed by atoms with Crippen molar-refractivity contribution in [2.24, 2.45) is 0 Å². The van der Waals surface area contributed by atoms with Crippen LogP contribution in [0.2, 0.25) is 0 Å². The molecule has 0 radical (unpaired) electrons. The van der Waals surface area contributed by atoms with Gasteiger partial charge in [0.25, 0.3) is 0 Å². The van der Waals surface area contributed by atoms with E-state index in [9.17, 15) is 4.79 Å². The summed E-state index contributed by atoms with van der Waals surface area (Å²) in [6.45, 7) is 11.0. The fraction of sp³-hybridized carbons (Fsp3) is 0.391. The number of aromatic nitrogens is 1. The molecule has 1 aromatic heterocycles. The van der Waals surface area contributed by atoms with Crippen molar-refractivity contribution in [3.63, 3.8) is 0 Å². The highest BCUT2D eigenvalue weighted by Crippen LogP contribution is 2.17. The van der Waals surface area contributed by atoms with E-state index < -0.39 is 0 Å². The van der Waals surface area contributed by atoms with Gasteiger partial charge in [0.1, 0.15) is 5.82 Å². The van der Waals surface area contributed by atoms with Gasteiger partial charge in [0.2, 0.25) is 5.91 Å². The number of hydrogen-bond donors (Lipinski definition) is 1. The molecule has 0 aliphatic carbocycles. The molecule has 1 amide bonds. The lowest BCUT2D eigenvalue weighted by atomic mass is 10.1. The van der Waals surface area contributed by atoms with E-state index >= 15 is 0 Å². The van der Waals surface area contributed by atoms with E-state index in [-0.39, 0.29) is 5.91 Å². The maximum atomic E-state index is 11.8. The summed E-state index contributed by atoms with van der Waals surface area (Å²) in [5, 5.41) is 2.85. The second-order valence-corrected chi connectivity index (χ2v) is 7.72. The van der Waals surface area contributed by atoms with E-state index in [0.717, 1.165) is 56.2 Å². The van der Waals surface area contributed by atoms with Crippen molar-refractivity contribution in [3.05, 3.63) is 65.4 Å². The lowest BCUT2D eigenvalue weighted by Crippen LogP contribution is -2.31. The first-order valence-corrected chi connectivity index (χ1v) is 9.94. The van der Waals surface area contributed by atoms with Gasteiger partial charge in [-0.2, -0.15) is 0 Å². The number of allylic oxidation sites excluding steroid dienone is 1. The highest BCUT2D eigenvalue weighted by atomic mass is 16.1. The third-order valence-corrected chi connectivity index (χ3v) is 4.84. The fourth-order valence-corrected chi connectivity index (χ4v) is 3.51. The molecule has 2 heterocycles. The van der Waals surface area contributed by atoms with Crippen molar-refractivity contribution < 1.29 is 4.79 Å². The quantitative estimate of drug-likeness (QED) is 0.799. The molecule has 0 unspecified atom stereocenters. The van der Waals surface area contributed by atoms with E-state index in [1.165, 1.54) is 11.1 Å². The lowest BCUT2D eigenvalue weighted by Gasteiger charge is -2.23. The molecule has 5 heteroatoms. The van der Waals surface area contributed by atoms with E-state index in [4.69, 9.17) is 0 Å². The summed E-state index contributed by atoms with van der Waals surface area (Å²) in [5.41, 5.74) is 4.39. The van der Waals surface area contributed by atoms with Crippen molar-refractivity contribution in [2.75, 3.05) is 36.4 Å². The Morgan fingerprint density at radius 1 is 1.14 bits per heavy atom. The maximum Gasteiger partial charge on any atom is 0.248 e. The Morgan fingerprint density at radius 2 is 2.00 bits per heavy atom. The van der Waals surface area contributed by atoms with E-state index in [2.05, 4.69) is 51.3 Å². The van der Waals surface area contributed by atoms with Gasteiger partial charge in [-0.15, -0.1) is 0 Å². The molecule has 28 heavy (non-hydrogen) atoms. The Bertz CT molecular complexity index is 825. The molecule has 5 nitrogen and oxygen atoms in total. The average Bonchev–Trinajstić information content (AvgIpc) is 2.87. The Kier molecular flexibility index (Phi) is 6.82. The van der Waals surface area contributed by atoms with Gasteiger partial charge in [0, 0.05) is 38.8 Å². The van der Waals surface area contributed by atoms with Gasteiger partial charge in [-0.3, -0.25) is 9.69 Å². The number of pyridine rings is 1. The smallest absolute Gasteiger partial charge is 0.248 e.